The molecule has 7 nitrogen and oxygen atoms in total. The van der Waals surface area contributed by atoms with Gasteiger partial charge in [-0.05, 0) is 30.7 Å². The lowest BCUT2D eigenvalue weighted by Crippen LogP contribution is -2.39. The summed E-state index contributed by atoms with van der Waals surface area (Å²) in [5.74, 6) is 1.70. The first kappa shape index (κ1) is 20.2. The van der Waals surface area contributed by atoms with E-state index in [1.165, 1.54) is 0 Å². The second-order valence-corrected chi connectivity index (χ2v) is 7.57. The molecular formula is C23H28N4O3. The van der Waals surface area contributed by atoms with Crippen LogP contribution in [-0.2, 0) is 17.9 Å². The number of benzene rings is 2. The zero-order valence-corrected chi connectivity index (χ0v) is 17.5. The van der Waals surface area contributed by atoms with E-state index in [4.69, 9.17) is 9.47 Å². The number of para-hydroxylation sites is 1. The summed E-state index contributed by atoms with van der Waals surface area (Å²) in [4.78, 5) is 14.8. The first-order chi connectivity index (χ1) is 14.7. The smallest absolute Gasteiger partial charge is 0.241 e. The van der Waals surface area contributed by atoms with Crippen LogP contribution in [0.3, 0.4) is 0 Å². The summed E-state index contributed by atoms with van der Waals surface area (Å²) < 4.78 is 13.3. The van der Waals surface area contributed by atoms with Gasteiger partial charge in [0, 0.05) is 37.1 Å². The molecule has 1 N–H and O–H groups in total. The van der Waals surface area contributed by atoms with Gasteiger partial charge in [0.15, 0.2) is 0 Å². The van der Waals surface area contributed by atoms with Crippen LogP contribution in [0.25, 0.3) is 10.9 Å². The normalized spacial score (nSPS) is 16.5. The number of carbonyl (C=O) groups is 1. The van der Waals surface area contributed by atoms with E-state index in [0.29, 0.717) is 6.54 Å². The van der Waals surface area contributed by atoms with Crippen LogP contribution >= 0.6 is 0 Å². The highest BCUT2D eigenvalue weighted by Crippen LogP contribution is 2.29. The summed E-state index contributed by atoms with van der Waals surface area (Å²) in [6.07, 6.45) is 2.85. The molecule has 30 heavy (non-hydrogen) atoms. The Morgan fingerprint density at radius 3 is 3.00 bits per heavy atom. The van der Waals surface area contributed by atoms with Gasteiger partial charge in [-0.3, -0.25) is 14.4 Å². The molecule has 0 fully saturated rings. The van der Waals surface area contributed by atoms with Gasteiger partial charge in [-0.1, -0.05) is 25.1 Å². The Morgan fingerprint density at radius 2 is 2.17 bits per heavy atom. The van der Waals surface area contributed by atoms with Crippen LogP contribution in [-0.4, -0.2) is 53.4 Å². The van der Waals surface area contributed by atoms with E-state index >= 15 is 0 Å². The first-order valence-electron chi connectivity index (χ1n) is 10.4. The highest BCUT2D eigenvalue weighted by atomic mass is 16.5. The maximum Gasteiger partial charge on any atom is 0.241 e. The lowest BCUT2D eigenvalue weighted by atomic mass is 10.2. The second kappa shape index (κ2) is 9.17. The minimum absolute atomic E-state index is 0.0379. The van der Waals surface area contributed by atoms with Crippen molar-refractivity contribution in [3.05, 3.63) is 54.2 Å². The number of hydrogen-bond acceptors (Lipinski definition) is 5. The molecule has 1 amide bonds. The van der Waals surface area contributed by atoms with Gasteiger partial charge in [-0.25, -0.2) is 0 Å². The molecule has 2 heterocycles. The van der Waals surface area contributed by atoms with Crippen LogP contribution in [0.2, 0.25) is 0 Å². The van der Waals surface area contributed by atoms with E-state index < -0.39 is 0 Å². The molecule has 0 radical (unpaired) electrons. The average molecular weight is 409 g/mol. The van der Waals surface area contributed by atoms with E-state index in [9.17, 15) is 4.79 Å². The fourth-order valence-corrected chi connectivity index (χ4v) is 3.81. The third-order valence-corrected chi connectivity index (χ3v) is 5.47. The van der Waals surface area contributed by atoms with Crippen molar-refractivity contribution in [3.8, 4) is 11.5 Å². The molecule has 1 aliphatic heterocycles. The Kier molecular flexibility index (Phi) is 6.18. The first-order valence-corrected chi connectivity index (χ1v) is 10.4. The number of nitrogens with one attached hydrogen (secondary N) is 1. The van der Waals surface area contributed by atoms with Gasteiger partial charge >= 0.3 is 0 Å². The van der Waals surface area contributed by atoms with Gasteiger partial charge in [0.2, 0.25) is 5.91 Å². The lowest BCUT2D eigenvalue weighted by Gasteiger charge is -2.23. The van der Waals surface area contributed by atoms with Crippen molar-refractivity contribution in [3.63, 3.8) is 0 Å². The van der Waals surface area contributed by atoms with Crippen LogP contribution in [0, 0.1) is 0 Å². The molecule has 1 atom stereocenters. The Balaban J connectivity index is 1.34. The number of aromatic nitrogens is 2. The maximum atomic E-state index is 12.4. The molecule has 0 spiro atoms. The maximum absolute atomic E-state index is 12.4. The molecule has 0 unspecified atom stereocenters. The van der Waals surface area contributed by atoms with Gasteiger partial charge in [-0.15, -0.1) is 0 Å². The number of methoxy groups -OCH3 is 1. The van der Waals surface area contributed by atoms with Gasteiger partial charge in [0.25, 0.3) is 0 Å². The van der Waals surface area contributed by atoms with Crippen LogP contribution in [0.4, 0.5) is 0 Å². The molecule has 158 valence electrons. The molecule has 3 aromatic rings. The topological polar surface area (TPSA) is 68.6 Å². The van der Waals surface area contributed by atoms with Gasteiger partial charge in [0.05, 0.1) is 18.8 Å². The zero-order valence-electron chi connectivity index (χ0n) is 17.5. The number of carbonyl (C=O) groups excluding carboxylic acids is 1. The molecule has 4 rings (SSSR count). The minimum atomic E-state index is -0.0379. The number of hydrogen-bond donors (Lipinski definition) is 1. The molecule has 1 aliphatic rings. The SMILES string of the molecule is CC[C@H]1CN(CCNC(=O)Cn2ncc3ccccc32)Cc2cc(OC)ccc2O1. The predicted octanol–water partition coefficient (Wildman–Crippen LogP) is 2.83. The minimum Gasteiger partial charge on any atom is -0.497 e. The quantitative estimate of drug-likeness (QED) is 0.651. The largest absolute Gasteiger partial charge is 0.497 e. The van der Waals surface area contributed by atoms with Crippen molar-refractivity contribution in [2.75, 3.05) is 26.7 Å². The van der Waals surface area contributed by atoms with E-state index in [-0.39, 0.29) is 18.6 Å². The number of amides is 1. The summed E-state index contributed by atoms with van der Waals surface area (Å²) >= 11 is 0. The predicted molar refractivity (Wildman–Crippen MR) is 116 cm³/mol. The number of fused-ring (bicyclic) bond motifs is 2. The number of ether oxygens (including phenoxy) is 2. The van der Waals surface area contributed by atoms with Crippen molar-refractivity contribution < 1.29 is 14.3 Å². The molecule has 0 bridgehead atoms. The van der Waals surface area contributed by atoms with E-state index in [0.717, 1.165) is 54.0 Å². The molecule has 0 saturated heterocycles. The number of nitrogens with zero attached hydrogens (tertiary/aromatic N) is 3. The van der Waals surface area contributed by atoms with E-state index in [1.54, 1.807) is 18.0 Å². The summed E-state index contributed by atoms with van der Waals surface area (Å²) in [6, 6.07) is 13.8. The van der Waals surface area contributed by atoms with Crippen molar-refractivity contribution in [2.45, 2.75) is 32.5 Å². The summed E-state index contributed by atoms with van der Waals surface area (Å²) in [5.41, 5.74) is 2.08. The van der Waals surface area contributed by atoms with Crippen LogP contribution < -0.4 is 14.8 Å². The highest BCUT2D eigenvalue weighted by molar-refractivity contribution is 5.81. The van der Waals surface area contributed by atoms with Crippen LogP contribution in [0.15, 0.2) is 48.7 Å². The fourth-order valence-electron chi connectivity index (χ4n) is 3.81. The average Bonchev–Trinajstić information content (AvgIpc) is 3.07. The van der Waals surface area contributed by atoms with Gasteiger partial charge < -0.3 is 14.8 Å². The van der Waals surface area contributed by atoms with E-state index in [1.807, 2.05) is 42.5 Å². The third-order valence-electron chi connectivity index (χ3n) is 5.47. The van der Waals surface area contributed by atoms with Crippen molar-refractivity contribution in [1.29, 1.82) is 0 Å². The summed E-state index contributed by atoms with van der Waals surface area (Å²) in [5, 5.41) is 8.39. The Labute approximate surface area is 176 Å². The zero-order chi connectivity index (χ0) is 20.9. The molecule has 2 aromatic carbocycles. The lowest BCUT2D eigenvalue weighted by molar-refractivity contribution is -0.121. The second-order valence-electron chi connectivity index (χ2n) is 7.57. The van der Waals surface area contributed by atoms with E-state index in [2.05, 4.69) is 22.2 Å². The molecule has 0 aliphatic carbocycles. The highest BCUT2D eigenvalue weighted by Gasteiger charge is 2.22. The van der Waals surface area contributed by atoms with Crippen molar-refractivity contribution >= 4 is 16.8 Å². The van der Waals surface area contributed by atoms with Gasteiger partial charge in [-0.2, -0.15) is 5.10 Å². The molecule has 1 aromatic heterocycles. The van der Waals surface area contributed by atoms with Crippen molar-refractivity contribution in [1.82, 2.24) is 20.0 Å². The van der Waals surface area contributed by atoms with Crippen LogP contribution in [0.1, 0.15) is 18.9 Å². The molecule has 7 heteroatoms. The Morgan fingerprint density at radius 1 is 1.30 bits per heavy atom. The van der Waals surface area contributed by atoms with Gasteiger partial charge in [0.1, 0.15) is 24.1 Å². The number of rotatable bonds is 7. The van der Waals surface area contributed by atoms with Crippen molar-refractivity contribution in [2.24, 2.45) is 0 Å². The monoisotopic (exact) mass is 408 g/mol. The Bertz CT molecular complexity index is 1020. The fraction of sp³-hybridized carbons (Fsp3) is 0.391. The van der Waals surface area contributed by atoms with Crippen LogP contribution in [0.5, 0.6) is 11.5 Å². The summed E-state index contributed by atoms with van der Waals surface area (Å²) in [7, 11) is 1.67. The standard InChI is InChI=1S/C23H28N4O3/c1-3-19-15-26(14-18-12-20(29-2)8-9-22(18)30-19)11-10-24-23(28)16-27-21-7-5-4-6-17(21)13-25-27/h4-9,12-13,19H,3,10-11,14-16H2,1-2H3,(H,24,28)/t19-/m0/s1. The molecular weight excluding hydrogens is 380 g/mol. The summed E-state index contributed by atoms with van der Waals surface area (Å²) in [6.45, 7) is 5.27. The molecule has 0 saturated carbocycles. The Hall–Kier alpha value is -3.06. The third kappa shape index (κ3) is 4.57.